The Balaban J connectivity index is 2.59. The summed E-state index contributed by atoms with van der Waals surface area (Å²) in [6.07, 6.45) is 0.772. The molecule has 0 aliphatic rings. The molecular weight excluding hydrogens is 356 g/mol. The van der Waals surface area contributed by atoms with E-state index in [9.17, 15) is 0 Å². The van der Waals surface area contributed by atoms with Crippen molar-refractivity contribution >= 4 is 5.96 Å². The molecule has 0 aliphatic heterocycles. The molecule has 0 heterocycles. The average Bonchev–Trinajstić information content (AvgIpc) is 2.68. The number of ether oxygens (including phenoxy) is 3. The van der Waals surface area contributed by atoms with Crippen LogP contribution in [-0.4, -0.2) is 71.0 Å². The topological polar surface area (TPSA) is 67.4 Å². The molecule has 0 aliphatic carbocycles. The number of aliphatic imine (C=N–C) groups is 1. The Morgan fingerprint density at radius 1 is 0.929 bits per heavy atom. The number of hydrogen-bond donors (Lipinski definition) is 2. The molecule has 0 spiro atoms. The van der Waals surface area contributed by atoms with Crippen LogP contribution >= 0.6 is 0 Å². The van der Waals surface area contributed by atoms with Crippen molar-refractivity contribution in [1.82, 2.24) is 15.5 Å². The van der Waals surface area contributed by atoms with Gasteiger partial charge in [-0.2, -0.15) is 0 Å². The van der Waals surface area contributed by atoms with Crippen molar-refractivity contribution in [2.45, 2.75) is 46.2 Å². The van der Waals surface area contributed by atoms with E-state index < -0.39 is 0 Å². The van der Waals surface area contributed by atoms with Crippen molar-refractivity contribution in [3.8, 4) is 17.2 Å². The number of methoxy groups -OCH3 is 3. The fourth-order valence-corrected chi connectivity index (χ4v) is 3.31. The molecule has 0 bridgehead atoms. The maximum atomic E-state index is 5.55. The minimum Gasteiger partial charge on any atom is -0.493 e. The van der Waals surface area contributed by atoms with Gasteiger partial charge in [0.05, 0.1) is 21.3 Å². The lowest BCUT2D eigenvalue weighted by Crippen LogP contribution is -2.45. The van der Waals surface area contributed by atoms with E-state index in [1.807, 2.05) is 12.1 Å². The van der Waals surface area contributed by atoms with E-state index in [4.69, 9.17) is 14.2 Å². The van der Waals surface area contributed by atoms with Gasteiger partial charge in [-0.05, 0) is 40.2 Å². The molecule has 0 atom stereocenters. The molecular formula is C21H38N4O3. The van der Waals surface area contributed by atoms with E-state index in [-0.39, 0.29) is 0 Å². The number of nitrogens with zero attached hydrogens (tertiary/aromatic N) is 2. The van der Waals surface area contributed by atoms with Crippen molar-refractivity contribution in [2.24, 2.45) is 4.99 Å². The molecule has 0 unspecified atom stereocenters. The second-order valence-corrected chi connectivity index (χ2v) is 7.09. The van der Waals surface area contributed by atoms with Gasteiger partial charge in [-0.1, -0.05) is 6.07 Å². The zero-order valence-electron chi connectivity index (χ0n) is 18.8. The van der Waals surface area contributed by atoms with Crippen LogP contribution in [0.4, 0.5) is 0 Å². The maximum Gasteiger partial charge on any atom is 0.203 e. The number of nitrogens with one attached hydrogen (secondary N) is 2. The molecule has 1 rings (SSSR count). The van der Waals surface area contributed by atoms with Crippen LogP contribution < -0.4 is 24.8 Å². The normalized spacial score (nSPS) is 11.9. The van der Waals surface area contributed by atoms with Gasteiger partial charge in [0, 0.05) is 44.3 Å². The highest BCUT2D eigenvalue weighted by Crippen LogP contribution is 2.39. The number of benzene rings is 1. The molecule has 28 heavy (non-hydrogen) atoms. The zero-order valence-corrected chi connectivity index (χ0v) is 18.8. The van der Waals surface area contributed by atoms with Crippen molar-refractivity contribution in [3.05, 3.63) is 17.7 Å². The third-order valence-electron chi connectivity index (χ3n) is 4.69. The summed E-state index contributed by atoms with van der Waals surface area (Å²) in [7, 11) is 6.67. The van der Waals surface area contributed by atoms with Crippen LogP contribution in [0.5, 0.6) is 17.2 Å². The molecule has 0 saturated carbocycles. The average molecular weight is 395 g/mol. The van der Waals surface area contributed by atoms with Crippen molar-refractivity contribution < 1.29 is 14.2 Å². The molecule has 7 heteroatoms. The smallest absolute Gasteiger partial charge is 0.203 e. The monoisotopic (exact) mass is 394 g/mol. The Morgan fingerprint density at radius 3 is 2.04 bits per heavy atom. The molecule has 0 saturated heterocycles. The number of hydrogen-bond acceptors (Lipinski definition) is 5. The van der Waals surface area contributed by atoms with Gasteiger partial charge in [-0.15, -0.1) is 0 Å². The van der Waals surface area contributed by atoms with Crippen LogP contribution in [0.1, 0.15) is 33.3 Å². The Kier molecular flexibility index (Phi) is 10.5. The van der Waals surface area contributed by atoms with E-state index in [1.165, 1.54) is 0 Å². The first-order valence-corrected chi connectivity index (χ1v) is 9.87. The zero-order chi connectivity index (χ0) is 21.1. The predicted octanol–water partition coefficient (Wildman–Crippen LogP) is 2.54. The third-order valence-corrected chi connectivity index (χ3v) is 4.69. The highest BCUT2D eigenvalue weighted by molar-refractivity contribution is 5.79. The lowest BCUT2D eigenvalue weighted by Gasteiger charge is -2.30. The van der Waals surface area contributed by atoms with Crippen LogP contribution in [0.3, 0.4) is 0 Å². The summed E-state index contributed by atoms with van der Waals surface area (Å²) in [5.41, 5.74) is 1.05. The van der Waals surface area contributed by atoms with Crippen LogP contribution in [0, 0.1) is 0 Å². The van der Waals surface area contributed by atoms with Crippen LogP contribution in [0.2, 0.25) is 0 Å². The maximum absolute atomic E-state index is 5.55. The quantitative estimate of drug-likeness (QED) is 0.444. The third kappa shape index (κ3) is 6.78. The van der Waals surface area contributed by atoms with Gasteiger partial charge in [0.1, 0.15) is 0 Å². The van der Waals surface area contributed by atoms with E-state index in [2.05, 4.69) is 48.2 Å². The standard InChI is InChI=1S/C21H38N4O3/c1-15(2)25(16(3)4)14-13-24-21(22-5)23-12-11-17-9-10-18(26-6)20(28-8)19(17)27-7/h9-10,15-16H,11-14H2,1-8H3,(H2,22,23,24). The molecule has 1 aromatic carbocycles. The summed E-state index contributed by atoms with van der Waals surface area (Å²) in [6, 6.07) is 4.95. The Morgan fingerprint density at radius 2 is 1.54 bits per heavy atom. The molecule has 0 amide bonds. The number of guanidine groups is 1. The summed E-state index contributed by atoms with van der Waals surface area (Å²) in [5, 5.41) is 6.75. The summed E-state index contributed by atoms with van der Waals surface area (Å²) in [6.45, 7) is 11.4. The first-order valence-electron chi connectivity index (χ1n) is 9.87. The van der Waals surface area contributed by atoms with Gasteiger partial charge in [0.2, 0.25) is 5.75 Å². The molecule has 0 radical (unpaired) electrons. The molecule has 1 aromatic rings. The second kappa shape index (κ2) is 12.3. The fourth-order valence-electron chi connectivity index (χ4n) is 3.31. The van der Waals surface area contributed by atoms with Gasteiger partial charge < -0.3 is 24.8 Å². The first-order chi connectivity index (χ1) is 13.4. The molecule has 160 valence electrons. The SMILES string of the molecule is CN=C(NCCc1ccc(OC)c(OC)c1OC)NCCN(C(C)C)C(C)C. The predicted molar refractivity (Wildman–Crippen MR) is 116 cm³/mol. The van der Waals surface area contributed by atoms with E-state index in [0.717, 1.165) is 37.6 Å². The van der Waals surface area contributed by atoms with Gasteiger partial charge in [-0.25, -0.2) is 0 Å². The first kappa shape index (κ1) is 23.9. The highest BCUT2D eigenvalue weighted by Gasteiger charge is 2.16. The Bertz CT molecular complexity index is 610. The summed E-state index contributed by atoms with van der Waals surface area (Å²) < 4.78 is 16.3. The lowest BCUT2D eigenvalue weighted by molar-refractivity contribution is 0.178. The van der Waals surface area contributed by atoms with Crippen LogP contribution in [0.15, 0.2) is 17.1 Å². The van der Waals surface area contributed by atoms with E-state index >= 15 is 0 Å². The van der Waals surface area contributed by atoms with Gasteiger partial charge in [0.25, 0.3) is 0 Å². The van der Waals surface area contributed by atoms with Gasteiger partial charge >= 0.3 is 0 Å². The minimum absolute atomic E-state index is 0.522. The Hall–Kier alpha value is -2.15. The molecule has 7 nitrogen and oxygen atoms in total. The van der Waals surface area contributed by atoms with Crippen molar-refractivity contribution in [1.29, 1.82) is 0 Å². The van der Waals surface area contributed by atoms with Crippen molar-refractivity contribution in [2.75, 3.05) is 48.0 Å². The minimum atomic E-state index is 0.522. The van der Waals surface area contributed by atoms with Gasteiger partial charge in [-0.3, -0.25) is 9.89 Å². The molecule has 2 N–H and O–H groups in total. The van der Waals surface area contributed by atoms with Crippen LogP contribution in [-0.2, 0) is 6.42 Å². The fraction of sp³-hybridized carbons (Fsp3) is 0.667. The highest BCUT2D eigenvalue weighted by atomic mass is 16.5. The summed E-state index contributed by atoms with van der Waals surface area (Å²) >= 11 is 0. The summed E-state index contributed by atoms with van der Waals surface area (Å²) in [5.74, 6) is 2.78. The van der Waals surface area contributed by atoms with Crippen molar-refractivity contribution in [3.63, 3.8) is 0 Å². The van der Waals surface area contributed by atoms with Gasteiger partial charge in [0.15, 0.2) is 17.5 Å². The second-order valence-electron chi connectivity index (χ2n) is 7.09. The van der Waals surface area contributed by atoms with Crippen LogP contribution in [0.25, 0.3) is 0 Å². The molecule has 0 aromatic heterocycles. The summed E-state index contributed by atoms with van der Waals surface area (Å²) in [4.78, 5) is 6.76. The lowest BCUT2D eigenvalue weighted by atomic mass is 10.1. The Labute approximate surface area is 170 Å². The molecule has 0 fully saturated rings. The largest absolute Gasteiger partial charge is 0.493 e. The number of rotatable bonds is 11. The van der Waals surface area contributed by atoms with E-state index in [0.29, 0.717) is 29.3 Å². The van der Waals surface area contributed by atoms with E-state index in [1.54, 1.807) is 28.4 Å².